The summed E-state index contributed by atoms with van der Waals surface area (Å²) in [7, 11) is 0. The van der Waals surface area contributed by atoms with Crippen molar-refractivity contribution in [1.29, 1.82) is 0 Å². The van der Waals surface area contributed by atoms with Crippen LogP contribution in [0.3, 0.4) is 0 Å². The number of benzene rings is 1. The smallest absolute Gasteiger partial charge is 0.320 e. The van der Waals surface area contributed by atoms with Gasteiger partial charge in [-0.3, -0.25) is 9.69 Å². The van der Waals surface area contributed by atoms with Gasteiger partial charge in [-0.2, -0.15) is 0 Å². The molecule has 1 aromatic rings. The van der Waals surface area contributed by atoms with Crippen LogP contribution in [0.1, 0.15) is 30.9 Å². The van der Waals surface area contributed by atoms with Gasteiger partial charge in [0.05, 0.1) is 13.2 Å². The summed E-state index contributed by atoms with van der Waals surface area (Å²) in [5, 5.41) is 0. The highest BCUT2D eigenvalue weighted by Crippen LogP contribution is 2.21. The van der Waals surface area contributed by atoms with E-state index >= 15 is 0 Å². The molecule has 0 saturated carbocycles. The van der Waals surface area contributed by atoms with E-state index in [-0.39, 0.29) is 5.97 Å². The SMILES string of the molecule is CCCCOC(=O)CN1Cc2ccccc2C1. The first-order valence-corrected chi connectivity index (χ1v) is 6.24. The second-order valence-corrected chi connectivity index (χ2v) is 4.49. The van der Waals surface area contributed by atoms with E-state index in [2.05, 4.69) is 24.0 Å². The van der Waals surface area contributed by atoms with Crippen molar-refractivity contribution >= 4 is 5.97 Å². The molecule has 0 aliphatic carbocycles. The average Bonchev–Trinajstić information content (AvgIpc) is 2.71. The Balaban J connectivity index is 1.77. The Labute approximate surface area is 102 Å². The highest BCUT2D eigenvalue weighted by atomic mass is 16.5. The summed E-state index contributed by atoms with van der Waals surface area (Å²) in [6, 6.07) is 8.33. The van der Waals surface area contributed by atoms with E-state index in [0.717, 1.165) is 25.9 Å². The number of rotatable bonds is 5. The molecule has 0 spiro atoms. The normalized spacial score (nSPS) is 14.6. The van der Waals surface area contributed by atoms with Crippen LogP contribution in [0.25, 0.3) is 0 Å². The molecular formula is C14H19NO2. The van der Waals surface area contributed by atoms with Crippen molar-refractivity contribution < 1.29 is 9.53 Å². The Hall–Kier alpha value is -1.35. The molecule has 0 N–H and O–H groups in total. The fourth-order valence-corrected chi connectivity index (χ4v) is 2.07. The zero-order valence-electron chi connectivity index (χ0n) is 10.3. The van der Waals surface area contributed by atoms with Crippen molar-refractivity contribution in [3.63, 3.8) is 0 Å². The lowest BCUT2D eigenvalue weighted by molar-refractivity contribution is -0.145. The molecule has 3 heteroatoms. The predicted octanol–water partition coefficient (Wildman–Crippen LogP) is 2.35. The van der Waals surface area contributed by atoms with E-state index in [4.69, 9.17) is 4.74 Å². The summed E-state index contributed by atoms with van der Waals surface area (Å²) in [6.45, 7) is 4.76. The fraction of sp³-hybridized carbons (Fsp3) is 0.500. The van der Waals surface area contributed by atoms with Gasteiger partial charge in [0.1, 0.15) is 0 Å². The molecule has 92 valence electrons. The van der Waals surface area contributed by atoms with Gasteiger partial charge in [0.2, 0.25) is 0 Å². The maximum absolute atomic E-state index is 11.6. The van der Waals surface area contributed by atoms with Gasteiger partial charge in [-0.15, -0.1) is 0 Å². The van der Waals surface area contributed by atoms with E-state index in [1.165, 1.54) is 11.1 Å². The number of hydrogen-bond donors (Lipinski definition) is 0. The van der Waals surface area contributed by atoms with Crippen LogP contribution >= 0.6 is 0 Å². The van der Waals surface area contributed by atoms with Gasteiger partial charge in [-0.25, -0.2) is 0 Å². The van der Waals surface area contributed by atoms with Crippen LogP contribution in [0.15, 0.2) is 24.3 Å². The van der Waals surface area contributed by atoms with Gasteiger partial charge in [0, 0.05) is 13.1 Å². The number of carbonyl (C=O) groups is 1. The van der Waals surface area contributed by atoms with Crippen LogP contribution in [0.5, 0.6) is 0 Å². The van der Waals surface area contributed by atoms with Crippen LogP contribution in [0, 0.1) is 0 Å². The largest absolute Gasteiger partial charge is 0.465 e. The summed E-state index contributed by atoms with van der Waals surface area (Å²) >= 11 is 0. The molecule has 0 radical (unpaired) electrons. The van der Waals surface area contributed by atoms with Crippen molar-refractivity contribution in [3.05, 3.63) is 35.4 Å². The standard InChI is InChI=1S/C14H19NO2/c1-2-3-8-17-14(16)11-15-9-12-6-4-5-7-13(12)10-15/h4-7H,2-3,8-11H2,1H3. The van der Waals surface area contributed by atoms with Gasteiger partial charge in [0.15, 0.2) is 0 Å². The molecule has 0 fully saturated rings. The third kappa shape index (κ3) is 3.30. The minimum Gasteiger partial charge on any atom is -0.465 e. The van der Waals surface area contributed by atoms with E-state index < -0.39 is 0 Å². The molecule has 0 atom stereocenters. The van der Waals surface area contributed by atoms with Crippen molar-refractivity contribution in [2.75, 3.05) is 13.2 Å². The molecule has 3 nitrogen and oxygen atoms in total. The second kappa shape index (κ2) is 5.82. The minimum atomic E-state index is -0.105. The molecular weight excluding hydrogens is 214 g/mol. The van der Waals surface area contributed by atoms with E-state index in [1.807, 2.05) is 12.1 Å². The van der Waals surface area contributed by atoms with Gasteiger partial charge >= 0.3 is 5.97 Å². The van der Waals surface area contributed by atoms with E-state index in [9.17, 15) is 4.79 Å². The Morgan fingerprint density at radius 1 is 1.29 bits per heavy atom. The molecule has 17 heavy (non-hydrogen) atoms. The first-order chi connectivity index (χ1) is 8.29. The lowest BCUT2D eigenvalue weighted by atomic mass is 10.1. The highest BCUT2D eigenvalue weighted by molar-refractivity contribution is 5.71. The number of unbranched alkanes of at least 4 members (excludes halogenated alkanes) is 1. The van der Waals surface area contributed by atoms with Crippen molar-refractivity contribution in [3.8, 4) is 0 Å². The summed E-state index contributed by atoms with van der Waals surface area (Å²) in [6.07, 6.45) is 2.01. The molecule has 1 aliphatic heterocycles. The maximum atomic E-state index is 11.6. The third-order valence-electron chi connectivity index (χ3n) is 3.02. The maximum Gasteiger partial charge on any atom is 0.320 e. The number of carbonyl (C=O) groups excluding carboxylic acids is 1. The first kappa shape index (κ1) is 12.1. The van der Waals surface area contributed by atoms with Crippen LogP contribution < -0.4 is 0 Å². The monoisotopic (exact) mass is 233 g/mol. The second-order valence-electron chi connectivity index (χ2n) is 4.49. The zero-order valence-corrected chi connectivity index (χ0v) is 10.3. The lowest BCUT2D eigenvalue weighted by Crippen LogP contribution is -2.26. The number of nitrogens with zero attached hydrogens (tertiary/aromatic N) is 1. The summed E-state index contributed by atoms with van der Waals surface area (Å²) in [5.74, 6) is -0.105. The molecule has 0 bridgehead atoms. The molecule has 0 aromatic heterocycles. The topological polar surface area (TPSA) is 29.5 Å². The third-order valence-corrected chi connectivity index (χ3v) is 3.02. The van der Waals surface area contributed by atoms with Crippen LogP contribution in [-0.4, -0.2) is 24.0 Å². The van der Waals surface area contributed by atoms with Crippen molar-refractivity contribution in [1.82, 2.24) is 4.90 Å². The van der Waals surface area contributed by atoms with Gasteiger partial charge in [0.25, 0.3) is 0 Å². The summed E-state index contributed by atoms with van der Waals surface area (Å²) in [4.78, 5) is 13.7. The number of esters is 1. The molecule has 0 unspecified atom stereocenters. The number of hydrogen-bond acceptors (Lipinski definition) is 3. The number of ether oxygens (including phenoxy) is 1. The van der Waals surface area contributed by atoms with Gasteiger partial charge in [-0.1, -0.05) is 37.6 Å². The van der Waals surface area contributed by atoms with Crippen molar-refractivity contribution in [2.45, 2.75) is 32.9 Å². The average molecular weight is 233 g/mol. The Bertz CT molecular complexity index is 365. The zero-order chi connectivity index (χ0) is 12.1. The Kier molecular flexibility index (Phi) is 4.15. The van der Waals surface area contributed by atoms with E-state index in [0.29, 0.717) is 13.2 Å². The minimum absolute atomic E-state index is 0.105. The lowest BCUT2D eigenvalue weighted by Gasteiger charge is -2.13. The fourth-order valence-electron chi connectivity index (χ4n) is 2.07. The Morgan fingerprint density at radius 2 is 1.94 bits per heavy atom. The molecule has 1 heterocycles. The molecule has 1 aliphatic rings. The van der Waals surface area contributed by atoms with Gasteiger partial charge < -0.3 is 4.74 Å². The Morgan fingerprint density at radius 3 is 2.53 bits per heavy atom. The quantitative estimate of drug-likeness (QED) is 0.577. The summed E-state index contributed by atoms with van der Waals surface area (Å²) in [5.41, 5.74) is 2.66. The van der Waals surface area contributed by atoms with Gasteiger partial charge in [-0.05, 0) is 17.5 Å². The van der Waals surface area contributed by atoms with Crippen molar-refractivity contribution in [2.24, 2.45) is 0 Å². The first-order valence-electron chi connectivity index (χ1n) is 6.24. The van der Waals surface area contributed by atoms with Crippen LogP contribution in [0.2, 0.25) is 0 Å². The molecule has 1 aromatic carbocycles. The predicted molar refractivity (Wildman–Crippen MR) is 66.4 cm³/mol. The highest BCUT2D eigenvalue weighted by Gasteiger charge is 2.20. The van der Waals surface area contributed by atoms with Crippen LogP contribution in [0.4, 0.5) is 0 Å². The molecule has 2 rings (SSSR count). The number of fused-ring (bicyclic) bond motifs is 1. The summed E-state index contributed by atoms with van der Waals surface area (Å²) < 4.78 is 5.16. The molecule has 0 amide bonds. The van der Waals surface area contributed by atoms with Crippen LogP contribution in [-0.2, 0) is 22.6 Å². The van der Waals surface area contributed by atoms with E-state index in [1.54, 1.807) is 0 Å². The molecule has 0 saturated heterocycles.